The Morgan fingerprint density at radius 1 is 1.46 bits per heavy atom. The zero-order chi connectivity index (χ0) is 16.9. The van der Waals surface area contributed by atoms with Gasteiger partial charge in [-0.25, -0.2) is 20.0 Å². The van der Waals surface area contributed by atoms with Crippen LogP contribution in [-0.4, -0.2) is 33.9 Å². The molecule has 0 unspecified atom stereocenters. The molecule has 3 rings (SSSR count). The SMILES string of the molecule is C=C/C(Cl)=C\N=C1/CC(c2ncc(C)c(NN3CCCC3)n2)=CN1. The molecule has 7 heteroatoms. The Hall–Kier alpha value is -2.18. The number of hydrogen-bond donors (Lipinski definition) is 2. The number of amidine groups is 1. The van der Waals surface area contributed by atoms with Gasteiger partial charge in [0.1, 0.15) is 11.7 Å². The van der Waals surface area contributed by atoms with Crippen molar-refractivity contribution < 1.29 is 0 Å². The summed E-state index contributed by atoms with van der Waals surface area (Å²) < 4.78 is 0. The van der Waals surface area contributed by atoms with E-state index in [1.165, 1.54) is 12.8 Å². The molecule has 0 radical (unpaired) electrons. The zero-order valence-electron chi connectivity index (χ0n) is 13.7. The molecule has 2 aliphatic heterocycles. The molecule has 2 N–H and O–H groups in total. The van der Waals surface area contributed by atoms with Crippen molar-refractivity contribution in [1.29, 1.82) is 0 Å². The van der Waals surface area contributed by atoms with E-state index in [0.29, 0.717) is 17.3 Å². The van der Waals surface area contributed by atoms with Gasteiger partial charge in [0.05, 0.1) is 5.03 Å². The van der Waals surface area contributed by atoms with Gasteiger partial charge in [0, 0.05) is 49.2 Å². The van der Waals surface area contributed by atoms with Gasteiger partial charge in [0.2, 0.25) is 0 Å². The summed E-state index contributed by atoms with van der Waals surface area (Å²) in [6.45, 7) is 7.71. The van der Waals surface area contributed by atoms with Gasteiger partial charge < -0.3 is 10.7 Å². The van der Waals surface area contributed by atoms with E-state index in [4.69, 9.17) is 11.6 Å². The molecular weight excluding hydrogens is 324 g/mol. The summed E-state index contributed by atoms with van der Waals surface area (Å²) in [5.41, 5.74) is 5.43. The predicted molar refractivity (Wildman–Crippen MR) is 98.5 cm³/mol. The van der Waals surface area contributed by atoms with E-state index in [1.807, 2.05) is 19.3 Å². The fourth-order valence-corrected chi connectivity index (χ4v) is 2.61. The summed E-state index contributed by atoms with van der Waals surface area (Å²) in [7, 11) is 0. The Balaban J connectivity index is 1.72. The van der Waals surface area contributed by atoms with Crippen LogP contribution in [0.15, 0.2) is 41.3 Å². The quantitative estimate of drug-likeness (QED) is 0.803. The van der Waals surface area contributed by atoms with Gasteiger partial charge in [-0.15, -0.1) is 0 Å². The first-order valence-electron chi connectivity index (χ1n) is 8.01. The van der Waals surface area contributed by atoms with E-state index < -0.39 is 0 Å². The highest BCUT2D eigenvalue weighted by Crippen LogP contribution is 2.22. The Kier molecular flexibility index (Phi) is 5.27. The fraction of sp³-hybridized carbons (Fsp3) is 0.353. The molecule has 0 amide bonds. The average Bonchev–Trinajstić information content (AvgIpc) is 3.26. The molecule has 1 fully saturated rings. The van der Waals surface area contributed by atoms with Crippen LogP contribution >= 0.6 is 11.6 Å². The van der Waals surface area contributed by atoms with Gasteiger partial charge in [-0.2, -0.15) is 0 Å². The third-order valence-corrected chi connectivity index (χ3v) is 4.19. The van der Waals surface area contributed by atoms with E-state index in [2.05, 4.69) is 37.3 Å². The van der Waals surface area contributed by atoms with Gasteiger partial charge in [0.15, 0.2) is 5.82 Å². The van der Waals surface area contributed by atoms with Crippen LogP contribution in [0.5, 0.6) is 0 Å². The second kappa shape index (κ2) is 7.59. The maximum atomic E-state index is 5.87. The standard InChI is InChI=1S/C17H21ClN6/c1-3-14(18)11-20-15-8-13(10-19-15)17-21-9-12(2)16(22-17)23-24-6-4-5-7-24/h3,9-11H,1,4-8H2,2H3,(H,19,20)(H,21,22,23)/b14-11+. The molecule has 0 atom stereocenters. The van der Waals surface area contributed by atoms with E-state index in [1.54, 1.807) is 12.3 Å². The molecule has 0 spiro atoms. The number of aryl methyl sites for hydroxylation is 1. The van der Waals surface area contributed by atoms with Gasteiger partial charge in [-0.1, -0.05) is 18.2 Å². The maximum absolute atomic E-state index is 5.87. The van der Waals surface area contributed by atoms with Crippen LogP contribution in [0, 0.1) is 6.92 Å². The predicted octanol–water partition coefficient (Wildman–Crippen LogP) is 3.21. The Morgan fingerprint density at radius 2 is 2.25 bits per heavy atom. The minimum Gasteiger partial charge on any atom is -0.349 e. The van der Waals surface area contributed by atoms with Crippen LogP contribution in [0.25, 0.3) is 5.57 Å². The van der Waals surface area contributed by atoms with Crippen molar-refractivity contribution in [3.8, 4) is 0 Å². The number of nitrogens with one attached hydrogen (secondary N) is 2. The van der Waals surface area contributed by atoms with Gasteiger partial charge in [-0.05, 0) is 25.8 Å². The number of aliphatic imine (C=N–C) groups is 1. The topological polar surface area (TPSA) is 65.4 Å². The third-order valence-electron chi connectivity index (χ3n) is 3.94. The van der Waals surface area contributed by atoms with E-state index >= 15 is 0 Å². The molecule has 1 saturated heterocycles. The molecule has 0 saturated carbocycles. The van der Waals surface area contributed by atoms with Crippen molar-refractivity contribution in [2.45, 2.75) is 26.2 Å². The fourth-order valence-electron chi connectivity index (χ4n) is 2.56. The van der Waals surface area contributed by atoms with Crippen molar-refractivity contribution in [3.63, 3.8) is 0 Å². The molecule has 2 aliphatic rings. The smallest absolute Gasteiger partial charge is 0.159 e. The number of hydrogen-bond acceptors (Lipinski definition) is 5. The summed E-state index contributed by atoms with van der Waals surface area (Å²) in [6, 6.07) is 0. The lowest BCUT2D eigenvalue weighted by molar-refractivity contribution is 0.407. The Bertz CT molecular complexity index is 716. The lowest BCUT2D eigenvalue weighted by Gasteiger charge is -2.18. The van der Waals surface area contributed by atoms with Gasteiger partial charge in [0.25, 0.3) is 0 Å². The van der Waals surface area contributed by atoms with E-state index in [9.17, 15) is 0 Å². The first-order chi connectivity index (χ1) is 11.7. The lowest BCUT2D eigenvalue weighted by Crippen LogP contribution is -2.27. The van der Waals surface area contributed by atoms with Crippen LogP contribution in [-0.2, 0) is 0 Å². The molecule has 0 aliphatic carbocycles. The summed E-state index contributed by atoms with van der Waals surface area (Å²) in [4.78, 5) is 13.4. The highest BCUT2D eigenvalue weighted by Gasteiger charge is 2.18. The van der Waals surface area contributed by atoms with E-state index in [-0.39, 0.29) is 0 Å². The second-order valence-corrected chi connectivity index (χ2v) is 6.25. The van der Waals surface area contributed by atoms with E-state index in [0.717, 1.165) is 35.9 Å². The summed E-state index contributed by atoms with van der Waals surface area (Å²) in [5.74, 6) is 2.38. The number of anilines is 1. The molecular formula is C17H21ClN6. The number of allylic oxidation sites excluding steroid dienone is 2. The van der Waals surface area contributed by atoms with Crippen LogP contribution in [0.3, 0.4) is 0 Å². The summed E-state index contributed by atoms with van der Waals surface area (Å²) in [6.07, 6.45) is 9.95. The van der Waals surface area contributed by atoms with Crippen molar-refractivity contribution in [3.05, 3.63) is 47.7 Å². The molecule has 3 heterocycles. The normalized spacial score (nSPS) is 20.2. The molecule has 6 nitrogen and oxygen atoms in total. The lowest BCUT2D eigenvalue weighted by atomic mass is 10.2. The number of rotatable bonds is 5. The maximum Gasteiger partial charge on any atom is 0.159 e. The Morgan fingerprint density at radius 3 is 3.00 bits per heavy atom. The molecule has 0 bridgehead atoms. The van der Waals surface area contributed by atoms with Gasteiger partial charge in [-0.3, -0.25) is 0 Å². The van der Waals surface area contributed by atoms with Crippen LogP contribution < -0.4 is 10.7 Å². The highest BCUT2D eigenvalue weighted by molar-refractivity contribution is 6.31. The molecule has 126 valence electrons. The largest absolute Gasteiger partial charge is 0.349 e. The van der Waals surface area contributed by atoms with Crippen molar-refractivity contribution >= 4 is 28.8 Å². The second-order valence-electron chi connectivity index (χ2n) is 5.82. The number of aromatic nitrogens is 2. The van der Waals surface area contributed by atoms with Gasteiger partial charge >= 0.3 is 0 Å². The monoisotopic (exact) mass is 344 g/mol. The van der Waals surface area contributed by atoms with Crippen molar-refractivity contribution in [1.82, 2.24) is 20.3 Å². The number of hydrazine groups is 1. The minimum atomic E-state index is 0.501. The molecule has 1 aromatic rings. The summed E-state index contributed by atoms with van der Waals surface area (Å²) >= 11 is 5.87. The van der Waals surface area contributed by atoms with Crippen molar-refractivity contribution in [2.24, 2.45) is 4.99 Å². The first-order valence-corrected chi connectivity index (χ1v) is 8.39. The average molecular weight is 345 g/mol. The highest BCUT2D eigenvalue weighted by atomic mass is 35.5. The minimum absolute atomic E-state index is 0.501. The summed E-state index contributed by atoms with van der Waals surface area (Å²) in [5, 5.41) is 5.84. The third kappa shape index (κ3) is 4.01. The molecule has 0 aromatic carbocycles. The number of nitrogens with zero attached hydrogens (tertiary/aromatic N) is 4. The number of halogens is 1. The Labute approximate surface area is 147 Å². The van der Waals surface area contributed by atoms with Crippen molar-refractivity contribution in [2.75, 3.05) is 18.5 Å². The van der Waals surface area contributed by atoms with Crippen LogP contribution in [0.1, 0.15) is 30.7 Å². The van der Waals surface area contributed by atoms with Crippen LogP contribution in [0.4, 0.5) is 5.82 Å². The van der Waals surface area contributed by atoms with Crippen LogP contribution in [0.2, 0.25) is 0 Å². The zero-order valence-corrected chi connectivity index (χ0v) is 14.5. The first kappa shape index (κ1) is 16.7. The molecule has 1 aromatic heterocycles. The molecule has 24 heavy (non-hydrogen) atoms.